The first kappa shape index (κ1) is 14.7. The third-order valence-electron chi connectivity index (χ3n) is 2.54. The highest BCUT2D eigenvalue weighted by molar-refractivity contribution is 6.01. The maximum Gasteiger partial charge on any atom is 0.331 e. The number of nitrogens with one attached hydrogen (secondary N) is 1. The molecule has 1 amide bonds. The van der Waals surface area contributed by atoms with Gasteiger partial charge in [0.2, 0.25) is 5.91 Å². The van der Waals surface area contributed by atoms with Crippen LogP contribution in [-0.2, 0) is 9.59 Å². The molecule has 16 heavy (non-hydrogen) atoms. The monoisotopic (exact) mass is 227 g/mol. The molecule has 0 saturated carbocycles. The Hall–Kier alpha value is -1.32. The van der Waals surface area contributed by atoms with Gasteiger partial charge in [-0.05, 0) is 20.3 Å². The number of rotatable bonds is 7. The lowest BCUT2D eigenvalue weighted by atomic mass is 10.1. The summed E-state index contributed by atoms with van der Waals surface area (Å²) < 4.78 is 0. The molecular weight excluding hydrogens is 206 g/mol. The Morgan fingerprint density at radius 1 is 1.06 bits per heavy atom. The first-order valence-electron chi connectivity index (χ1n) is 5.69. The van der Waals surface area contributed by atoms with E-state index in [4.69, 9.17) is 5.11 Å². The number of unbranched alkanes of at least 4 members (excludes halogenated alkanes) is 3. The molecule has 2 N–H and O–H groups in total. The van der Waals surface area contributed by atoms with Crippen LogP contribution in [0, 0.1) is 0 Å². The van der Waals surface area contributed by atoms with Gasteiger partial charge < -0.3 is 10.4 Å². The van der Waals surface area contributed by atoms with Crippen LogP contribution < -0.4 is 5.32 Å². The predicted octanol–water partition coefficient (Wildman–Crippen LogP) is 2.10. The Labute approximate surface area is 96.7 Å². The molecule has 0 spiro atoms. The van der Waals surface area contributed by atoms with Gasteiger partial charge in [-0.2, -0.15) is 0 Å². The molecular formula is C12H21NO3. The van der Waals surface area contributed by atoms with Crippen molar-refractivity contribution in [2.75, 3.05) is 6.54 Å². The zero-order valence-corrected chi connectivity index (χ0v) is 10.3. The van der Waals surface area contributed by atoms with Crippen molar-refractivity contribution in [1.82, 2.24) is 5.32 Å². The molecule has 0 heterocycles. The number of amides is 1. The van der Waals surface area contributed by atoms with Gasteiger partial charge in [-0.3, -0.25) is 4.79 Å². The van der Waals surface area contributed by atoms with Gasteiger partial charge in [-0.1, -0.05) is 26.2 Å². The van der Waals surface area contributed by atoms with Crippen LogP contribution in [0.15, 0.2) is 11.1 Å². The lowest BCUT2D eigenvalue weighted by Gasteiger charge is -2.06. The Bertz CT molecular complexity index is 282. The minimum atomic E-state index is -1.04. The highest BCUT2D eigenvalue weighted by atomic mass is 16.4. The molecule has 0 fully saturated rings. The predicted molar refractivity (Wildman–Crippen MR) is 63.2 cm³/mol. The van der Waals surface area contributed by atoms with E-state index in [9.17, 15) is 9.59 Å². The van der Waals surface area contributed by atoms with Gasteiger partial charge in [0, 0.05) is 17.7 Å². The number of carbonyl (C=O) groups excluding carboxylic acids is 1. The third-order valence-corrected chi connectivity index (χ3v) is 2.54. The average molecular weight is 227 g/mol. The topological polar surface area (TPSA) is 66.4 Å². The number of carboxylic acids is 1. The number of carbonyl (C=O) groups is 2. The Balaban J connectivity index is 3.98. The summed E-state index contributed by atoms with van der Waals surface area (Å²) >= 11 is 0. The second kappa shape index (κ2) is 7.91. The highest BCUT2D eigenvalue weighted by Crippen LogP contribution is 2.03. The van der Waals surface area contributed by atoms with Crippen molar-refractivity contribution in [2.45, 2.75) is 46.5 Å². The van der Waals surface area contributed by atoms with Crippen molar-refractivity contribution in [2.24, 2.45) is 0 Å². The normalized spacial score (nSPS) is 11.9. The molecule has 0 bridgehead atoms. The average Bonchev–Trinajstić information content (AvgIpc) is 2.26. The van der Waals surface area contributed by atoms with E-state index in [-0.39, 0.29) is 17.1 Å². The highest BCUT2D eigenvalue weighted by Gasteiger charge is 2.11. The molecule has 4 heteroatoms. The summed E-state index contributed by atoms with van der Waals surface area (Å²) in [5.41, 5.74) is 0.383. The third kappa shape index (κ3) is 5.53. The van der Waals surface area contributed by atoms with E-state index in [1.54, 1.807) is 0 Å². The van der Waals surface area contributed by atoms with E-state index in [2.05, 4.69) is 12.2 Å². The lowest BCUT2D eigenvalue weighted by Crippen LogP contribution is -2.26. The first-order valence-corrected chi connectivity index (χ1v) is 5.69. The fraction of sp³-hybridized carbons (Fsp3) is 0.667. The van der Waals surface area contributed by atoms with E-state index in [1.165, 1.54) is 20.3 Å². The van der Waals surface area contributed by atoms with Gasteiger partial charge in [0.05, 0.1) is 0 Å². The second-order valence-corrected chi connectivity index (χ2v) is 3.87. The Morgan fingerprint density at radius 2 is 1.69 bits per heavy atom. The smallest absolute Gasteiger partial charge is 0.331 e. The van der Waals surface area contributed by atoms with Crippen molar-refractivity contribution in [1.29, 1.82) is 0 Å². The molecule has 0 aliphatic rings. The SMILES string of the molecule is CCCCCCNC(=O)/C(C)=C(/C)C(=O)O. The zero-order valence-electron chi connectivity index (χ0n) is 10.3. The molecule has 0 aliphatic heterocycles. The van der Waals surface area contributed by atoms with Crippen molar-refractivity contribution < 1.29 is 14.7 Å². The molecule has 4 nitrogen and oxygen atoms in total. The molecule has 0 rings (SSSR count). The van der Waals surface area contributed by atoms with Gasteiger partial charge >= 0.3 is 5.97 Å². The van der Waals surface area contributed by atoms with E-state index < -0.39 is 5.97 Å². The van der Waals surface area contributed by atoms with Crippen molar-refractivity contribution >= 4 is 11.9 Å². The largest absolute Gasteiger partial charge is 0.478 e. The molecule has 0 saturated heterocycles. The van der Waals surface area contributed by atoms with E-state index >= 15 is 0 Å². The minimum Gasteiger partial charge on any atom is -0.478 e. The number of carboxylic acid groups (broad SMARTS) is 1. The quantitative estimate of drug-likeness (QED) is 0.517. The minimum absolute atomic E-state index is 0.103. The number of hydrogen-bond acceptors (Lipinski definition) is 2. The van der Waals surface area contributed by atoms with Gasteiger partial charge in [-0.15, -0.1) is 0 Å². The van der Waals surface area contributed by atoms with E-state index in [1.807, 2.05) is 0 Å². The van der Waals surface area contributed by atoms with Crippen LogP contribution in [0.25, 0.3) is 0 Å². The summed E-state index contributed by atoms with van der Waals surface area (Å²) in [6, 6.07) is 0. The van der Waals surface area contributed by atoms with Gasteiger partial charge in [0.1, 0.15) is 0 Å². The van der Waals surface area contributed by atoms with E-state index in [0.717, 1.165) is 19.3 Å². The van der Waals surface area contributed by atoms with Crippen molar-refractivity contribution in [3.05, 3.63) is 11.1 Å². The molecule has 0 aromatic heterocycles. The van der Waals surface area contributed by atoms with Gasteiger partial charge in [0.15, 0.2) is 0 Å². The lowest BCUT2D eigenvalue weighted by molar-refractivity contribution is -0.133. The molecule has 92 valence electrons. The molecule has 0 radical (unpaired) electrons. The zero-order chi connectivity index (χ0) is 12.6. The first-order chi connectivity index (χ1) is 7.50. The maximum atomic E-state index is 11.5. The van der Waals surface area contributed by atoms with E-state index in [0.29, 0.717) is 6.54 Å². The maximum absolute atomic E-state index is 11.5. The molecule has 0 aromatic carbocycles. The van der Waals surface area contributed by atoms with Crippen LogP contribution in [0.4, 0.5) is 0 Å². The Morgan fingerprint density at radius 3 is 2.19 bits per heavy atom. The molecule has 0 aliphatic carbocycles. The summed E-state index contributed by atoms with van der Waals surface area (Å²) in [5.74, 6) is -1.32. The number of aliphatic carboxylic acids is 1. The number of hydrogen-bond donors (Lipinski definition) is 2. The Kier molecular flexibility index (Phi) is 7.25. The van der Waals surface area contributed by atoms with Crippen molar-refractivity contribution in [3.8, 4) is 0 Å². The van der Waals surface area contributed by atoms with Crippen LogP contribution in [0.5, 0.6) is 0 Å². The molecule has 0 unspecified atom stereocenters. The van der Waals surface area contributed by atoms with Crippen LogP contribution in [0.2, 0.25) is 0 Å². The van der Waals surface area contributed by atoms with Crippen molar-refractivity contribution in [3.63, 3.8) is 0 Å². The molecule has 0 aromatic rings. The fourth-order valence-corrected chi connectivity index (χ4v) is 1.22. The standard InChI is InChI=1S/C12H21NO3/c1-4-5-6-7-8-13-11(14)9(2)10(3)12(15)16/h4-8H2,1-3H3,(H,13,14)(H,15,16)/b10-9-. The summed E-state index contributed by atoms with van der Waals surface area (Å²) in [4.78, 5) is 22.1. The summed E-state index contributed by atoms with van der Waals surface area (Å²) in [7, 11) is 0. The second-order valence-electron chi connectivity index (χ2n) is 3.87. The van der Waals surface area contributed by atoms with Crippen LogP contribution in [0.3, 0.4) is 0 Å². The summed E-state index contributed by atoms with van der Waals surface area (Å²) in [6.45, 7) is 5.71. The summed E-state index contributed by atoms with van der Waals surface area (Å²) in [5, 5.41) is 11.4. The molecule has 0 atom stereocenters. The van der Waals surface area contributed by atoms with Crippen LogP contribution >= 0.6 is 0 Å². The van der Waals surface area contributed by atoms with Crippen LogP contribution in [-0.4, -0.2) is 23.5 Å². The fourth-order valence-electron chi connectivity index (χ4n) is 1.22. The van der Waals surface area contributed by atoms with Gasteiger partial charge in [0.25, 0.3) is 0 Å². The van der Waals surface area contributed by atoms with Crippen LogP contribution in [0.1, 0.15) is 46.5 Å². The van der Waals surface area contributed by atoms with Gasteiger partial charge in [-0.25, -0.2) is 4.79 Å². The summed E-state index contributed by atoms with van der Waals surface area (Å²) in [6.07, 6.45) is 4.36.